The fourth-order valence-electron chi connectivity index (χ4n) is 2.29. The number of carbonyl (C=O) groups excluding carboxylic acids is 1. The van der Waals surface area contributed by atoms with Gasteiger partial charge in [0.2, 0.25) is 5.91 Å². The second-order valence-corrected chi connectivity index (χ2v) is 6.55. The highest BCUT2D eigenvalue weighted by Crippen LogP contribution is 2.20. The Balaban J connectivity index is 1.94. The summed E-state index contributed by atoms with van der Waals surface area (Å²) in [4.78, 5) is 16.4. The zero-order valence-corrected chi connectivity index (χ0v) is 14.6. The van der Waals surface area contributed by atoms with Crippen LogP contribution in [0.1, 0.15) is 32.4 Å². The van der Waals surface area contributed by atoms with Crippen LogP contribution in [0.3, 0.4) is 0 Å². The lowest BCUT2D eigenvalue weighted by atomic mass is 9.92. The van der Waals surface area contributed by atoms with E-state index in [1.54, 1.807) is 26.4 Å². The number of carbonyl (C=O) groups is 1. The number of hydrogen-bond donors (Lipinski definition) is 1. The molecule has 7 heteroatoms. The molecule has 25 heavy (non-hydrogen) atoms. The smallest absolute Gasteiger partial charge is 0.261 e. The van der Waals surface area contributed by atoms with Gasteiger partial charge in [-0.05, 0) is 38.5 Å². The van der Waals surface area contributed by atoms with E-state index in [1.807, 2.05) is 42.0 Å². The third-order valence-electron chi connectivity index (χ3n) is 3.86. The number of nitrogens with one attached hydrogen (secondary N) is 1. The largest absolute Gasteiger partial charge is 0.374 e. The summed E-state index contributed by atoms with van der Waals surface area (Å²) in [6, 6.07) is 7.53. The highest BCUT2D eigenvalue weighted by atomic mass is 19.3. The number of halogens is 2. The first kappa shape index (κ1) is 19.1. The Hall–Kier alpha value is -2.28. The van der Waals surface area contributed by atoms with Crippen LogP contribution in [0.2, 0.25) is 0 Å². The van der Waals surface area contributed by atoms with Gasteiger partial charge in [0.15, 0.2) is 0 Å². The second-order valence-electron chi connectivity index (χ2n) is 6.55. The Kier molecular flexibility index (Phi) is 6.25. The molecule has 0 saturated heterocycles. The minimum absolute atomic E-state index is 0.0601. The number of hydrogen-bond acceptors (Lipinski definition) is 3. The highest BCUT2D eigenvalue weighted by molar-refractivity contribution is 5.82. The van der Waals surface area contributed by atoms with Crippen molar-refractivity contribution in [3.05, 3.63) is 48.5 Å². The van der Waals surface area contributed by atoms with Gasteiger partial charge in [-0.15, -0.1) is 0 Å². The average Bonchev–Trinajstić information content (AvgIpc) is 3.08. The molecule has 0 radical (unpaired) electrons. The number of imidazole rings is 1. The maximum atomic E-state index is 12.4. The van der Waals surface area contributed by atoms with E-state index in [0.29, 0.717) is 0 Å². The Morgan fingerprint density at radius 2 is 2.00 bits per heavy atom. The Bertz CT molecular complexity index is 670. The number of ether oxygens (including phenoxy) is 1. The summed E-state index contributed by atoms with van der Waals surface area (Å²) in [5, 5.41) is 2.90. The van der Waals surface area contributed by atoms with Gasteiger partial charge in [0, 0.05) is 18.1 Å². The molecule has 1 atom stereocenters. The van der Waals surface area contributed by atoms with Gasteiger partial charge in [-0.2, -0.15) is 0 Å². The minimum Gasteiger partial charge on any atom is -0.374 e. The molecule has 1 N–H and O–H groups in total. The first-order valence-electron chi connectivity index (χ1n) is 8.05. The molecule has 0 aliphatic heterocycles. The zero-order chi connectivity index (χ0) is 18.4. The Morgan fingerprint density at radius 3 is 2.56 bits per heavy atom. The zero-order valence-electron chi connectivity index (χ0n) is 14.6. The SMILES string of the molecule is C[C@@H](NC(=O)C(C)(C)COCC(F)F)c1ccc(-n2ccnc2)cc1. The number of alkyl halides is 2. The molecule has 0 fully saturated rings. The van der Waals surface area contributed by atoms with Gasteiger partial charge in [-0.1, -0.05) is 12.1 Å². The van der Waals surface area contributed by atoms with Gasteiger partial charge in [-0.3, -0.25) is 4.79 Å². The van der Waals surface area contributed by atoms with Crippen molar-refractivity contribution >= 4 is 5.91 Å². The van der Waals surface area contributed by atoms with Crippen LogP contribution in [-0.4, -0.2) is 35.1 Å². The van der Waals surface area contributed by atoms with Crippen LogP contribution >= 0.6 is 0 Å². The van der Waals surface area contributed by atoms with E-state index in [0.717, 1.165) is 11.3 Å². The number of rotatable bonds is 8. The van der Waals surface area contributed by atoms with Gasteiger partial charge in [0.25, 0.3) is 6.43 Å². The van der Waals surface area contributed by atoms with Crippen molar-refractivity contribution in [3.63, 3.8) is 0 Å². The second kappa shape index (κ2) is 8.20. The molecule has 0 saturated carbocycles. The maximum absolute atomic E-state index is 12.4. The van der Waals surface area contributed by atoms with Crippen molar-refractivity contribution in [2.45, 2.75) is 33.2 Å². The predicted molar refractivity (Wildman–Crippen MR) is 90.7 cm³/mol. The lowest BCUT2D eigenvalue weighted by Crippen LogP contribution is -2.41. The van der Waals surface area contributed by atoms with Crippen LogP contribution in [0.15, 0.2) is 43.0 Å². The lowest BCUT2D eigenvalue weighted by Gasteiger charge is -2.26. The molecular weight excluding hydrogens is 328 g/mol. The summed E-state index contributed by atoms with van der Waals surface area (Å²) in [6.07, 6.45) is 2.73. The third-order valence-corrected chi connectivity index (χ3v) is 3.86. The molecular formula is C18H23F2N3O2. The topological polar surface area (TPSA) is 56.1 Å². The van der Waals surface area contributed by atoms with Crippen molar-refractivity contribution in [2.24, 2.45) is 5.41 Å². The molecule has 2 rings (SSSR count). The van der Waals surface area contributed by atoms with Crippen molar-refractivity contribution < 1.29 is 18.3 Å². The molecule has 136 valence electrons. The predicted octanol–water partition coefficient (Wildman–Crippen LogP) is 3.36. The van der Waals surface area contributed by atoms with Crippen LogP contribution < -0.4 is 5.32 Å². The molecule has 0 spiro atoms. The molecule has 5 nitrogen and oxygen atoms in total. The highest BCUT2D eigenvalue weighted by Gasteiger charge is 2.29. The minimum atomic E-state index is -2.54. The first-order chi connectivity index (χ1) is 11.8. The molecule has 0 bridgehead atoms. The summed E-state index contributed by atoms with van der Waals surface area (Å²) in [5.74, 6) is -0.243. The summed E-state index contributed by atoms with van der Waals surface area (Å²) in [6.45, 7) is 4.49. The van der Waals surface area contributed by atoms with E-state index in [-0.39, 0.29) is 18.6 Å². The fraction of sp³-hybridized carbons (Fsp3) is 0.444. The molecule has 0 aliphatic rings. The normalized spacial score (nSPS) is 13.0. The van der Waals surface area contributed by atoms with E-state index in [2.05, 4.69) is 10.3 Å². The van der Waals surface area contributed by atoms with Gasteiger partial charge >= 0.3 is 0 Å². The van der Waals surface area contributed by atoms with Crippen LogP contribution in [0.25, 0.3) is 5.69 Å². The van der Waals surface area contributed by atoms with E-state index in [9.17, 15) is 13.6 Å². The standard InChI is InChI=1S/C18H23F2N3O2/c1-13(22-17(24)18(2,3)11-25-10-16(19)20)14-4-6-15(7-5-14)23-9-8-21-12-23/h4-9,12-13,16H,10-11H2,1-3H3,(H,22,24)/t13-/m1/s1. The summed E-state index contributed by atoms with van der Waals surface area (Å²) >= 11 is 0. The monoisotopic (exact) mass is 351 g/mol. The van der Waals surface area contributed by atoms with Crippen molar-refractivity contribution in [3.8, 4) is 5.69 Å². The van der Waals surface area contributed by atoms with Crippen molar-refractivity contribution in [1.82, 2.24) is 14.9 Å². The number of nitrogens with zero attached hydrogens (tertiary/aromatic N) is 2. The summed E-state index contributed by atoms with van der Waals surface area (Å²) in [5.41, 5.74) is 1.03. The van der Waals surface area contributed by atoms with Gasteiger partial charge < -0.3 is 14.6 Å². The first-order valence-corrected chi connectivity index (χ1v) is 8.05. The Labute approximate surface area is 146 Å². The molecule has 0 unspecified atom stereocenters. The number of aromatic nitrogens is 2. The van der Waals surface area contributed by atoms with Crippen molar-refractivity contribution in [1.29, 1.82) is 0 Å². The van der Waals surface area contributed by atoms with E-state index in [1.165, 1.54) is 0 Å². The molecule has 1 aromatic heterocycles. The van der Waals surface area contributed by atoms with Crippen LogP contribution in [-0.2, 0) is 9.53 Å². The van der Waals surface area contributed by atoms with E-state index >= 15 is 0 Å². The fourth-order valence-corrected chi connectivity index (χ4v) is 2.29. The van der Waals surface area contributed by atoms with Gasteiger partial charge in [0.1, 0.15) is 6.61 Å². The molecule has 1 aromatic carbocycles. The number of amides is 1. The van der Waals surface area contributed by atoms with E-state index in [4.69, 9.17) is 4.74 Å². The lowest BCUT2D eigenvalue weighted by molar-refractivity contribution is -0.134. The summed E-state index contributed by atoms with van der Waals surface area (Å²) < 4.78 is 31.1. The number of benzene rings is 1. The summed E-state index contributed by atoms with van der Waals surface area (Å²) in [7, 11) is 0. The van der Waals surface area contributed by atoms with Gasteiger partial charge in [0.05, 0.1) is 24.4 Å². The maximum Gasteiger partial charge on any atom is 0.261 e. The molecule has 0 aliphatic carbocycles. The van der Waals surface area contributed by atoms with Crippen LogP contribution in [0.5, 0.6) is 0 Å². The van der Waals surface area contributed by atoms with Crippen LogP contribution in [0, 0.1) is 5.41 Å². The molecule has 1 amide bonds. The average molecular weight is 351 g/mol. The van der Waals surface area contributed by atoms with Gasteiger partial charge in [-0.25, -0.2) is 13.8 Å². The van der Waals surface area contributed by atoms with Crippen molar-refractivity contribution in [2.75, 3.05) is 13.2 Å². The Morgan fingerprint density at radius 1 is 1.32 bits per heavy atom. The quantitative estimate of drug-likeness (QED) is 0.793. The van der Waals surface area contributed by atoms with Crippen LogP contribution in [0.4, 0.5) is 8.78 Å². The molecule has 1 heterocycles. The van der Waals surface area contributed by atoms with E-state index < -0.39 is 18.4 Å². The molecule has 2 aromatic rings. The third kappa shape index (κ3) is 5.35.